The number of fused-ring (bicyclic) bond motifs is 2. The maximum Gasteiger partial charge on any atom is 0.258 e. The van der Waals surface area contributed by atoms with Gasteiger partial charge in [0.05, 0.1) is 29.2 Å². The van der Waals surface area contributed by atoms with E-state index in [0.717, 1.165) is 47.0 Å². The fourth-order valence-corrected chi connectivity index (χ4v) is 5.00. The molecule has 39 heavy (non-hydrogen) atoms. The Morgan fingerprint density at radius 1 is 1.08 bits per heavy atom. The van der Waals surface area contributed by atoms with Crippen LogP contribution in [-0.2, 0) is 9.59 Å². The van der Waals surface area contributed by atoms with Gasteiger partial charge in [0.25, 0.3) is 5.91 Å². The molecule has 0 bridgehead atoms. The zero-order valence-corrected chi connectivity index (χ0v) is 23.3. The van der Waals surface area contributed by atoms with Gasteiger partial charge in [0.1, 0.15) is 12.4 Å². The summed E-state index contributed by atoms with van der Waals surface area (Å²) >= 11 is 6.21. The minimum absolute atomic E-state index is 0.0164. The van der Waals surface area contributed by atoms with E-state index in [1.165, 1.54) is 0 Å². The van der Waals surface area contributed by atoms with Crippen molar-refractivity contribution < 1.29 is 14.3 Å². The van der Waals surface area contributed by atoms with E-state index in [9.17, 15) is 9.59 Å². The molecular weight excluding hydrogens is 514 g/mol. The topological polar surface area (TPSA) is 77.2 Å². The third-order valence-corrected chi connectivity index (χ3v) is 7.15. The Morgan fingerprint density at radius 3 is 2.56 bits per heavy atom. The predicted octanol–water partition coefficient (Wildman–Crippen LogP) is 5.02. The van der Waals surface area contributed by atoms with Crippen LogP contribution in [-0.4, -0.2) is 64.1 Å². The smallest absolute Gasteiger partial charge is 0.258 e. The quantitative estimate of drug-likeness (QED) is 0.406. The Morgan fingerprint density at radius 2 is 1.85 bits per heavy atom. The van der Waals surface area contributed by atoms with Gasteiger partial charge in [0.15, 0.2) is 0 Å². The highest BCUT2D eigenvalue weighted by Crippen LogP contribution is 2.41. The number of ether oxygens (including phenoxy) is 1. The van der Waals surface area contributed by atoms with E-state index in [1.54, 1.807) is 24.0 Å². The van der Waals surface area contributed by atoms with Crippen molar-refractivity contribution >= 4 is 57.4 Å². The van der Waals surface area contributed by atoms with Crippen LogP contribution in [0.1, 0.15) is 18.1 Å². The Labute approximate surface area is 233 Å². The molecule has 0 spiro atoms. The van der Waals surface area contributed by atoms with Crippen molar-refractivity contribution in [2.45, 2.75) is 6.92 Å². The molecule has 3 aromatic rings. The van der Waals surface area contributed by atoms with Crippen LogP contribution in [0.2, 0.25) is 5.02 Å². The van der Waals surface area contributed by atoms with Crippen LogP contribution < -0.4 is 25.2 Å². The van der Waals surface area contributed by atoms with Gasteiger partial charge < -0.3 is 30.1 Å². The van der Waals surface area contributed by atoms with Gasteiger partial charge in [0.2, 0.25) is 5.91 Å². The number of carbonyl (C=O) groups is 2. The van der Waals surface area contributed by atoms with Gasteiger partial charge in [-0.2, -0.15) is 0 Å². The number of nitrogens with zero attached hydrogens (tertiary/aromatic N) is 3. The second-order valence-corrected chi connectivity index (χ2v) is 10.4. The number of halogens is 1. The first kappa shape index (κ1) is 26.6. The van der Waals surface area contributed by atoms with Gasteiger partial charge in [-0.15, -0.1) is 0 Å². The number of benzene rings is 3. The molecule has 0 radical (unpaired) electrons. The lowest BCUT2D eigenvalue weighted by Crippen LogP contribution is -2.35. The lowest BCUT2D eigenvalue weighted by molar-refractivity contribution is -0.116. The van der Waals surface area contributed by atoms with Crippen LogP contribution in [0.3, 0.4) is 0 Å². The summed E-state index contributed by atoms with van der Waals surface area (Å²) < 4.78 is 5.96. The fraction of sp³-hybridized carbons (Fsp3) is 0.267. The number of amides is 2. The van der Waals surface area contributed by atoms with Crippen molar-refractivity contribution in [3.63, 3.8) is 0 Å². The summed E-state index contributed by atoms with van der Waals surface area (Å²) in [4.78, 5) is 31.6. The molecule has 5 rings (SSSR count). The molecule has 0 saturated heterocycles. The van der Waals surface area contributed by atoms with Crippen LogP contribution in [0, 0.1) is 0 Å². The third kappa shape index (κ3) is 5.57. The summed E-state index contributed by atoms with van der Waals surface area (Å²) in [6.45, 7) is 4.32. The highest BCUT2D eigenvalue weighted by molar-refractivity contribution is 6.38. The SMILES string of the molecule is CC(=O)N(CCN(C)C)c1ccc(N/C(=C2\C(=O)Nc3cc(Cl)ccc32)c2ccc3c(c2)OCCN3C)cc1. The molecule has 2 heterocycles. The maximum atomic E-state index is 13.3. The van der Waals surface area contributed by atoms with Crippen molar-refractivity contribution in [1.82, 2.24) is 4.90 Å². The molecule has 8 nitrogen and oxygen atoms in total. The van der Waals surface area contributed by atoms with E-state index < -0.39 is 0 Å². The molecule has 3 aromatic carbocycles. The van der Waals surface area contributed by atoms with E-state index in [2.05, 4.69) is 15.5 Å². The second-order valence-electron chi connectivity index (χ2n) is 9.99. The first-order chi connectivity index (χ1) is 18.7. The number of anilines is 4. The van der Waals surface area contributed by atoms with Gasteiger partial charge in [-0.05, 0) is 62.6 Å². The molecule has 202 valence electrons. The molecule has 0 fully saturated rings. The lowest BCUT2D eigenvalue weighted by Gasteiger charge is -2.28. The van der Waals surface area contributed by atoms with E-state index in [1.807, 2.05) is 74.6 Å². The van der Waals surface area contributed by atoms with Crippen molar-refractivity contribution in [2.24, 2.45) is 0 Å². The monoisotopic (exact) mass is 545 g/mol. The van der Waals surface area contributed by atoms with Crippen molar-refractivity contribution in [3.05, 3.63) is 76.8 Å². The zero-order chi connectivity index (χ0) is 27.7. The largest absolute Gasteiger partial charge is 0.490 e. The molecule has 0 atom stereocenters. The molecule has 2 amide bonds. The van der Waals surface area contributed by atoms with Gasteiger partial charge in [0, 0.05) is 54.6 Å². The Kier molecular flexibility index (Phi) is 7.50. The maximum absolute atomic E-state index is 13.3. The summed E-state index contributed by atoms with van der Waals surface area (Å²) in [7, 11) is 6.00. The van der Waals surface area contributed by atoms with Crippen molar-refractivity contribution in [3.8, 4) is 5.75 Å². The molecule has 0 aromatic heterocycles. The summed E-state index contributed by atoms with van der Waals surface area (Å²) in [5, 5.41) is 6.99. The lowest BCUT2D eigenvalue weighted by atomic mass is 9.99. The summed E-state index contributed by atoms with van der Waals surface area (Å²) in [5.41, 5.74) is 6.02. The summed E-state index contributed by atoms with van der Waals surface area (Å²) in [5.74, 6) is 0.537. The first-order valence-electron chi connectivity index (χ1n) is 12.8. The number of carbonyl (C=O) groups excluding carboxylic acids is 2. The third-order valence-electron chi connectivity index (χ3n) is 6.92. The first-order valence-corrected chi connectivity index (χ1v) is 13.2. The van der Waals surface area contributed by atoms with E-state index in [-0.39, 0.29) is 11.8 Å². The van der Waals surface area contributed by atoms with Gasteiger partial charge in [-0.25, -0.2) is 0 Å². The molecule has 2 aliphatic heterocycles. The standard InChI is InChI=1S/C30H32ClN5O3/c1-19(37)36(14-13-34(2)3)23-9-7-22(8-10-23)32-29(20-5-12-26-27(17-20)39-16-15-35(26)4)28-24-11-6-21(31)18-25(24)33-30(28)38/h5-12,17-18,32H,13-16H2,1-4H3,(H,33,38)/b29-28-. The zero-order valence-electron chi connectivity index (χ0n) is 22.5. The van der Waals surface area contributed by atoms with Crippen LogP contribution in [0.15, 0.2) is 60.7 Å². The second kappa shape index (κ2) is 11.0. The normalized spacial score (nSPS) is 15.3. The van der Waals surface area contributed by atoms with Gasteiger partial charge in [-0.1, -0.05) is 23.7 Å². The van der Waals surface area contributed by atoms with Crippen LogP contribution in [0.25, 0.3) is 11.3 Å². The number of hydrogen-bond acceptors (Lipinski definition) is 6. The van der Waals surface area contributed by atoms with E-state index in [0.29, 0.717) is 35.1 Å². The average molecular weight is 546 g/mol. The Bertz CT molecular complexity index is 1450. The Balaban J connectivity index is 1.55. The summed E-state index contributed by atoms with van der Waals surface area (Å²) in [6.07, 6.45) is 0. The molecule has 9 heteroatoms. The molecular formula is C30H32ClN5O3. The van der Waals surface area contributed by atoms with E-state index in [4.69, 9.17) is 16.3 Å². The van der Waals surface area contributed by atoms with Crippen LogP contribution in [0.4, 0.5) is 22.7 Å². The molecule has 2 N–H and O–H groups in total. The minimum atomic E-state index is -0.214. The Hall–Kier alpha value is -4.01. The fourth-order valence-electron chi connectivity index (χ4n) is 4.82. The molecule has 0 saturated carbocycles. The van der Waals surface area contributed by atoms with Crippen molar-refractivity contribution in [1.29, 1.82) is 0 Å². The van der Waals surface area contributed by atoms with Crippen molar-refractivity contribution in [2.75, 3.05) is 67.8 Å². The highest BCUT2D eigenvalue weighted by Gasteiger charge is 2.29. The predicted molar refractivity (Wildman–Crippen MR) is 159 cm³/mol. The summed E-state index contributed by atoms with van der Waals surface area (Å²) in [6, 6.07) is 19.0. The highest BCUT2D eigenvalue weighted by atomic mass is 35.5. The number of likely N-dealkylation sites (N-methyl/N-ethyl adjacent to an activating group) is 2. The molecule has 2 aliphatic rings. The average Bonchev–Trinajstić information content (AvgIpc) is 3.22. The van der Waals surface area contributed by atoms with Crippen LogP contribution in [0.5, 0.6) is 5.75 Å². The number of hydrogen-bond donors (Lipinski definition) is 2. The molecule has 0 aliphatic carbocycles. The van der Waals surface area contributed by atoms with Gasteiger partial charge in [-0.3, -0.25) is 9.59 Å². The minimum Gasteiger partial charge on any atom is -0.490 e. The molecule has 0 unspecified atom stereocenters. The number of rotatable bonds is 7. The van der Waals surface area contributed by atoms with E-state index >= 15 is 0 Å². The van der Waals surface area contributed by atoms with Crippen LogP contribution >= 0.6 is 11.6 Å². The number of nitrogens with one attached hydrogen (secondary N) is 2. The van der Waals surface area contributed by atoms with Gasteiger partial charge >= 0.3 is 0 Å².